The number of unbranched alkanes of at least 4 members (excludes halogenated alkanes) is 9. The smallest absolute Gasteiger partial charge is 0.164 e. The third kappa shape index (κ3) is 12.2. The summed E-state index contributed by atoms with van der Waals surface area (Å²) in [7, 11) is 0. The fraction of sp³-hybridized carbons (Fsp3) is 0.222. The molecule has 4 aromatic heterocycles. The van der Waals surface area contributed by atoms with E-state index < -0.39 is 0 Å². The molecule has 0 aliphatic carbocycles. The second-order valence-corrected chi connectivity index (χ2v) is 23.2. The van der Waals surface area contributed by atoms with Crippen molar-refractivity contribution in [3.05, 3.63) is 234 Å². The van der Waals surface area contributed by atoms with E-state index in [9.17, 15) is 0 Å². The Bertz CT molecular complexity index is 4320. The van der Waals surface area contributed by atoms with Crippen molar-refractivity contribution in [1.29, 1.82) is 0 Å². The van der Waals surface area contributed by atoms with Crippen LogP contribution in [0.25, 0.3) is 99.6 Å². The molecule has 6 heteroatoms. The van der Waals surface area contributed by atoms with Crippen LogP contribution in [-0.4, -0.2) is 28.7 Å². The van der Waals surface area contributed by atoms with E-state index >= 15 is 0 Å². The highest BCUT2D eigenvalue weighted by Gasteiger charge is 2.16. The third-order valence-corrected chi connectivity index (χ3v) is 17.1. The van der Waals surface area contributed by atoms with Gasteiger partial charge in [0.15, 0.2) is 17.5 Å². The second-order valence-electron chi connectivity index (χ2n) is 23.2. The molecule has 4 heterocycles. The van der Waals surface area contributed by atoms with Crippen molar-refractivity contribution >= 4 is 65.4 Å². The molecule has 0 fully saturated rings. The van der Waals surface area contributed by atoms with E-state index in [1.54, 1.807) is 0 Å². The molecule has 6 nitrogen and oxygen atoms in total. The summed E-state index contributed by atoms with van der Waals surface area (Å²) in [5.74, 6) is 22.5. The first kappa shape index (κ1) is 56.2. The van der Waals surface area contributed by atoms with Crippen molar-refractivity contribution in [3.8, 4) is 69.7 Å². The van der Waals surface area contributed by atoms with E-state index in [1.807, 2.05) is 0 Å². The molecule has 0 saturated carbocycles. The highest BCUT2D eigenvalue weighted by Crippen LogP contribution is 2.34. The molecule has 0 saturated heterocycles. The number of fused-ring (bicyclic) bond motifs is 9. The summed E-state index contributed by atoms with van der Waals surface area (Å²) in [5.41, 5.74) is 16.0. The van der Waals surface area contributed by atoms with Gasteiger partial charge in [0.2, 0.25) is 0 Å². The second kappa shape index (κ2) is 26.1. The van der Waals surface area contributed by atoms with Crippen LogP contribution in [-0.2, 0) is 19.6 Å². The minimum Gasteiger partial charge on any atom is -0.340 e. The number of aromatic nitrogens is 6. The van der Waals surface area contributed by atoms with E-state index in [4.69, 9.17) is 15.0 Å². The lowest BCUT2D eigenvalue weighted by atomic mass is 10.1. The van der Waals surface area contributed by atoms with Gasteiger partial charge in [-0.15, -0.1) is 0 Å². The number of para-hydroxylation sites is 3. The topological polar surface area (TPSA) is 53.5 Å². The molecule has 0 bridgehead atoms. The zero-order chi connectivity index (χ0) is 58.9. The van der Waals surface area contributed by atoms with Gasteiger partial charge in [-0.1, -0.05) is 169 Å². The molecular weight excluding hydrogens is 1060 g/mol. The van der Waals surface area contributed by atoms with Gasteiger partial charge in [-0.3, -0.25) is 0 Å². The molecule has 0 N–H and O–H groups in total. The number of rotatable bonds is 18. The van der Waals surface area contributed by atoms with Crippen LogP contribution in [0.15, 0.2) is 200 Å². The van der Waals surface area contributed by atoms with E-state index in [0.29, 0.717) is 17.5 Å². The maximum Gasteiger partial charge on any atom is 0.164 e. The summed E-state index contributed by atoms with van der Waals surface area (Å²) in [4.78, 5) is 15.4. The molecule has 0 aliphatic rings. The molecule has 0 atom stereocenters. The molecule has 13 rings (SSSR count). The number of hydrogen-bond donors (Lipinski definition) is 0. The van der Waals surface area contributed by atoms with Crippen molar-refractivity contribution < 1.29 is 0 Å². The molecule has 13 aromatic rings. The van der Waals surface area contributed by atoms with E-state index in [-0.39, 0.29) is 0 Å². The van der Waals surface area contributed by atoms with E-state index in [0.717, 1.165) is 69.7 Å². The van der Waals surface area contributed by atoms with Gasteiger partial charge in [-0.05, 0) is 165 Å². The number of benzene rings is 9. The minimum atomic E-state index is 0.578. The van der Waals surface area contributed by atoms with Crippen LogP contribution in [0.5, 0.6) is 0 Å². The zero-order valence-corrected chi connectivity index (χ0v) is 50.3. The molecule has 0 unspecified atom stereocenters. The van der Waals surface area contributed by atoms with Crippen molar-refractivity contribution in [1.82, 2.24) is 28.7 Å². The van der Waals surface area contributed by atoms with E-state index in [2.05, 4.69) is 270 Å². The SMILES string of the molecule is CCCCCCn1c2ccccc2c2cc(C#Cc3ccc(-c4nc(-c5ccc(C#Cc6ccc7c(c6)c6ccccc6n7CCCCCC)cc5)nc(-c5ccc(C#Cc6ccc7c(c6)c6ccccc6n7CCCCCC)cc5)n4)cc3)ccc21. The predicted octanol–water partition coefficient (Wildman–Crippen LogP) is 20.1. The monoisotopic (exact) mass is 1130 g/mol. The summed E-state index contributed by atoms with van der Waals surface area (Å²) in [6.45, 7) is 9.86. The standard InChI is InChI=1S/C81H72N6/c1-4-7-10-19-52-85-73-25-16-13-22-67(73)70-55-61(40-49-76(70)85)31-28-58-34-43-64(44-35-58)79-82-80(65-45-36-59(37-46-65)29-32-62-41-50-77-71(56-62)68-23-14-17-26-74(68)86(77)53-20-11-8-5-2)84-81(83-79)66-47-38-60(39-48-66)30-33-63-42-51-78-72(57-63)69-24-15-18-27-75(69)87(78)54-21-12-9-6-3/h13-18,22-27,34-51,55-57H,4-12,19-21,52-54H2,1-3H3. The first-order valence-electron chi connectivity index (χ1n) is 31.7. The molecule has 426 valence electrons. The number of nitrogens with zero attached hydrogens (tertiary/aromatic N) is 6. The Morgan fingerprint density at radius 3 is 0.793 bits per heavy atom. The Balaban J connectivity index is 0.788. The first-order valence-corrected chi connectivity index (χ1v) is 31.7. The number of hydrogen-bond acceptors (Lipinski definition) is 3. The van der Waals surface area contributed by atoms with Gasteiger partial charge in [0, 0.05) is 135 Å². The molecule has 0 radical (unpaired) electrons. The summed E-state index contributed by atoms with van der Waals surface area (Å²) < 4.78 is 7.46. The Morgan fingerprint density at radius 2 is 0.506 bits per heavy atom. The fourth-order valence-corrected chi connectivity index (χ4v) is 12.5. The summed E-state index contributed by atoms with van der Waals surface area (Å²) >= 11 is 0. The molecule has 0 aliphatic heterocycles. The van der Waals surface area contributed by atoms with Gasteiger partial charge in [0.1, 0.15) is 0 Å². The third-order valence-electron chi connectivity index (χ3n) is 17.1. The van der Waals surface area contributed by atoms with E-state index in [1.165, 1.54) is 142 Å². The summed E-state index contributed by atoms with van der Waals surface area (Å²) in [6, 6.07) is 70.9. The van der Waals surface area contributed by atoms with Gasteiger partial charge in [-0.25, -0.2) is 15.0 Å². The maximum atomic E-state index is 5.14. The quantitative estimate of drug-likeness (QED) is 0.0635. The van der Waals surface area contributed by atoms with Crippen LogP contribution in [0.4, 0.5) is 0 Å². The molecule has 0 spiro atoms. The summed E-state index contributed by atoms with van der Waals surface area (Å²) in [6.07, 6.45) is 14.8. The van der Waals surface area contributed by atoms with Crippen LogP contribution in [0.2, 0.25) is 0 Å². The van der Waals surface area contributed by atoms with Crippen LogP contribution in [0, 0.1) is 35.5 Å². The summed E-state index contributed by atoms with van der Waals surface area (Å²) in [5, 5.41) is 7.57. The molecule has 87 heavy (non-hydrogen) atoms. The molecule has 0 amide bonds. The highest BCUT2D eigenvalue weighted by atomic mass is 15.0. The zero-order valence-electron chi connectivity index (χ0n) is 50.3. The highest BCUT2D eigenvalue weighted by molar-refractivity contribution is 6.10. The number of aryl methyl sites for hydroxylation is 3. The average molecular weight is 1130 g/mol. The lowest BCUT2D eigenvalue weighted by molar-refractivity contribution is 0.602. The van der Waals surface area contributed by atoms with Crippen LogP contribution in [0.3, 0.4) is 0 Å². The van der Waals surface area contributed by atoms with Gasteiger partial charge in [0.25, 0.3) is 0 Å². The van der Waals surface area contributed by atoms with Gasteiger partial charge < -0.3 is 13.7 Å². The Kier molecular flexibility index (Phi) is 16.9. The lowest BCUT2D eigenvalue weighted by Crippen LogP contribution is -2.00. The Hall–Kier alpha value is -9.93. The van der Waals surface area contributed by atoms with Crippen molar-refractivity contribution in [2.75, 3.05) is 0 Å². The molecular formula is C81H72N6. The fourth-order valence-electron chi connectivity index (χ4n) is 12.5. The lowest BCUT2D eigenvalue weighted by Gasteiger charge is -2.09. The predicted molar refractivity (Wildman–Crippen MR) is 365 cm³/mol. The molecule has 9 aromatic carbocycles. The van der Waals surface area contributed by atoms with Crippen LogP contribution in [0.1, 0.15) is 131 Å². The van der Waals surface area contributed by atoms with Crippen LogP contribution < -0.4 is 0 Å². The average Bonchev–Trinajstić information content (AvgIpc) is 2.14. The minimum absolute atomic E-state index is 0.578. The largest absolute Gasteiger partial charge is 0.340 e. The maximum absolute atomic E-state index is 5.14. The van der Waals surface area contributed by atoms with Gasteiger partial charge in [-0.2, -0.15) is 0 Å². The van der Waals surface area contributed by atoms with Crippen LogP contribution >= 0.6 is 0 Å². The van der Waals surface area contributed by atoms with Gasteiger partial charge in [0.05, 0.1) is 0 Å². The Morgan fingerprint density at radius 1 is 0.253 bits per heavy atom. The first-order chi connectivity index (χ1) is 43.0. The van der Waals surface area contributed by atoms with Gasteiger partial charge >= 0.3 is 0 Å². The van der Waals surface area contributed by atoms with Crippen molar-refractivity contribution in [2.24, 2.45) is 0 Å². The Labute approximate surface area is 512 Å². The normalized spacial score (nSPS) is 11.3. The van der Waals surface area contributed by atoms with Crippen molar-refractivity contribution in [2.45, 2.75) is 117 Å². The van der Waals surface area contributed by atoms with Crippen molar-refractivity contribution in [3.63, 3.8) is 0 Å².